The molecule has 2 heterocycles. The first-order valence-corrected chi connectivity index (χ1v) is 23.9. The maximum Gasteiger partial charge on any atom is 0.270 e. The first-order valence-electron chi connectivity index (χ1n) is 20.6. The lowest BCUT2D eigenvalue weighted by atomic mass is 9.97. The highest BCUT2D eigenvalue weighted by atomic mass is 35.7. The first-order chi connectivity index (χ1) is 31.8. The minimum atomic E-state index is -3.86. The van der Waals surface area contributed by atoms with Crippen molar-refractivity contribution in [2.45, 2.75) is 60.7 Å². The van der Waals surface area contributed by atoms with Crippen LogP contribution in [-0.2, 0) is 50.1 Å². The van der Waals surface area contributed by atoms with E-state index in [0.29, 0.717) is 12.0 Å². The summed E-state index contributed by atoms with van der Waals surface area (Å²) in [6.45, 7) is 0. The summed E-state index contributed by atoms with van der Waals surface area (Å²) in [5, 5.41) is 5.46. The molecule has 15 heteroatoms. The average molecular weight is 962 g/mol. The first kappa shape index (κ1) is 51.1. The smallest absolute Gasteiger partial charge is 0.270 e. The van der Waals surface area contributed by atoms with Gasteiger partial charge in [-0.25, -0.2) is 27.2 Å². The predicted octanol–water partition coefficient (Wildman–Crippen LogP) is 9.60. The average Bonchev–Trinajstić information content (AvgIpc) is 3.32. The van der Waals surface area contributed by atoms with E-state index in [4.69, 9.17) is 10.7 Å². The van der Waals surface area contributed by atoms with Crippen molar-refractivity contribution >= 4 is 54.9 Å². The third-order valence-corrected chi connectivity index (χ3v) is 12.5. The molecule has 0 spiro atoms. The maximum absolute atomic E-state index is 13.2. The summed E-state index contributed by atoms with van der Waals surface area (Å²) in [5.41, 5.74) is 4.54. The summed E-state index contributed by atoms with van der Waals surface area (Å²) in [6.07, 6.45) is 2.68. The van der Waals surface area contributed by atoms with Gasteiger partial charge >= 0.3 is 0 Å². The third kappa shape index (κ3) is 16.5. The van der Waals surface area contributed by atoms with Crippen molar-refractivity contribution in [1.29, 1.82) is 0 Å². The van der Waals surface area contributed by atoms with Gasteiger partial charge in [-0.3, -0.25) is 19.2 Å². The number of hydrogen-bond acceptors (Lipinski definition) is 9. The van der Waals surface area contributed by atoms with Gasteiger partial charge < -0.3 is 10.6 Å². The van der Waals surface area contributed by atoms with Crippen molar-refractivity contribution in [1.82, 2.24) is 20.6 Å². The van der Waals surface area contributed by atoms with Crippen molar-refractivity contribution in [2.24, 2.45) is 0 Å². The third-order valence-electron chi connectivity index (χ3n) is 10.0. The van der Waals surface area contributed by atoms with Crippen molar-refractivity contribution in [3.63, 3.8) is 0 Å². The van der Waals surface area contributed by atoms with Crippen LogP contribution in [0, 0.1) is 11.6 Å². The Morgan fingerprint density at radius 3 is 1.28 bits per heavy atom. The summed E-state index contributed by atoms with van der Waals surface area (Å²) in [5.74, 6) is -1.71. The Morgan fingerprint density at radius 2 is 0.910 bits per heavy atom. The largest absolute Gasteiger partial charge is 0.341 e. The zero-order valence-electron chi connectivity index (χ0n) is 35.2. The Hall–Kier alpha value is -6.87. The number of benzene rings is 5. The van der Waals surface area contributed by atoms with Crippen LogP contribution < -0.4 is 10.6 Å². The van der Waals surface area contributed by atoms with Crippen molar-refractivity contribution in [3.05, 3.63) is 227 Å². The normalized spacial score (nSPS) is 11.7. The number of thioether (sulfide) groups is 1. The lowest BCUT2D eigenvalue weighted by Gasteiger charge is -2.18. The molecule has 0 bridgehead atoms. The molecule has 5 aromatic carbocycles. The van der Waals surface area contributed by atoms with Crippen LogP contribution in [0.4, 0.5) is 8.78 Å². The second-order valence-electron chi connectivity index (χ2n) is 14.9. The molecule has 7 aromatic rings. The molecule has 2 aromatic heterocycles. The van der Waals surface area contributed by atoms with E-state index < -0.39 is 44.6 Å². The molecule has 2 amide bonds. The summed E-state index contributed by atoms with van der Waals surface area (Å²) in [6, 6.07) is 45.8. The Morgan fingerprint density at radius 1 is 0.522 bits per heavy atom. The van der Waals surface area contributed by atoms with Crippen LogP contribution in [0.2, 0.25) is 0 Å². The van der Waals surface area contributed by atoms with E-state index in [2.05, 4.69) is 32.7 Å². The van der Waals surface area contributed by atoms with E-state index >= 15 is 0 Å². The van der Waals surface area contributed by atoms with Crippen LogP contribution in [0.15, 0.2) is 186 Å². The number of rotatable bonds is 18. The number of hydrogen-bond donors (Lipinski definition) is 2. The molecule has 7 rings (SSSR count). The molecule has 0 aliphatic heterocycles. The number of carbonyl (C=O) groups excluding carboxylic acids is 4. The molecule has 0 aliphatic rings. The minimum absolute atomic E-state index is 0. The number of pyridine rings is 2. The number of nitrogens with zero attached hydrogens (tertiary/aromatic N) is 2. The van der Waals surface area contributed by atoms with E-state index in [1.54, 1.807) is 11.8 Å². The second kappa shape index (κ2) is 25.2. The lowest BCUT2D eigenvalue weighted by Crippen LogP contribution is -2.43. The Balaban J connectivity index is 0.000000249. The van der Waals surface area contributed by atoms with Gasteiger partial charge in [0.2, 0.25) is 0 Å². The zero-order valence-corrected chi connectivity index (χ0v) is 37.6. The molecule has 67 heavy (non-hydrogen) atoms. The van der Waals surface area contributed by atoms with Gasteiger partial charge in [0.25, 0.3) is 20.9 Å². The van der Waals surface area contributed by atoms with E-state index in [9.17, 15) is 36.4 Å². The molecule has 2 atom stereocenters. The SMILES string of the molecule is C.O=C(N[C@@H](Cc1ccccc1)C(=O)Cc1ccc(S(=O)(=O)Cl)cc1)c1ccc(F)cn1.O=C(N[C@@H](Cc1ccccc1)C(=O)Cc1ccc(SCc2ccccc2)cc1)c1ccc(F)cn1. The molecule has 0 radical (unpaired) electrons. The van der Waals surface area contributed by atoms with Crippen molar-refractivity contribution < 1.29 is 36.4 Å². The van der Waals surface area contributed by atoms with Crippen LogP contribution in [0.5, 0.6) is 0 Å². The zero-order chi connectivity index (χ0) is 46.9. The van der Waals surface area contributed by atoms with E-state index in [1.165, 1.54) is 48.0 Å². The summed E-state index contributed by atoms with van der Waals surface area (Å²) in [4.78, 5) is 60.1. The topological polar surface area (TPSA) is 152 Å². The molecule has 0 unspecified atom stereocenters. The molecular formula is C52H47ClF2N4O6S2. The second-order valence-corrected chi connectivity index (χ2v) is 18.6. The van der Waals surface area contributed by atoms with Gasteiger partial charge in [-0.2, -0.15) is 0 Å². The minimum Gasteiger partial charge on any atom is -0.341 e. The summed E-state index contributed by atoms with van der Waals surface area (Å²) >= 11 is 1.74. The number of Topliss-reactive ketones (excluding diaryl/α,β-unsaturated/α-hetero) is 2. The number of halogens is 3. The van der Waals surface area contributed by atoms with Crippen LogP contribution in [0.25, 0.3) is 0 Å². The van der Waals surface area contributed by atoms with E-state index in [1.807, 2.05) is 103 Å². The van der Waals surface area contributed by atoms with E-state index in [-0.39, 0.29) is 54.5 Å². The Labute approximate surface area is 397 Å². The maximum atomic E-state index is 13.2. The Bertz CT molecular complexity index is 2810. The summed E-state index contributed by atoms with van der Waals surface area (Å²) in [7, 11) is 1.45. The molecular weight excluding hydrogens is 914 g/mol. The fourth-order valence-electron chi connectivity index (χ4n) is 6.54. The standard InChI is InChI=1S/C29H25FN2O2S.C22H18ClFN2O4S.CH4/c30-24-13-16-26(31-19-24)29(34)32-27(17-21-7-3-1-4-8-21)28(33)18-22-11-14-25(15-12-22)35-20-23-9-5-2-6-10-23;23-31(29,30)18-9-6-16(7-10-18)13-21(27)20(12-15-4-2-1-3-5-15)26-22(28)19-11-8-17(24)14-25-19;/h1-16,19,27H,17-18,20H2,(H,32,34);1-11,14,20H,12-13H2,(H,26,28);1H4/t27-;20-;/m00./s1. The fourth-order valence-corrected chi connectivity index (χ4v) is 8.16. The van der Waals surface area contributed by atoms with E-state index in [0.717, 1.165) is 45.8 Å². The fraction of sp³-hybridized carbons (Fsp3) is 0.154. The highest BCUT2D eigenvalue weighted by Crippen LogP contribution is 2.24. The number of aromatic nitrogens is 2. The van der Waals surface area contributed by atoms with Gasteiger partial charge in [0.05, 0.1) is 29.4 Å². The lowest BCUT2D eigenvalue weighted by molar-refractivity contribution is -0.121. The molecule has 0 aliphatic carbocycles. The molecule has 2 N–H and O–H groups in total. The van der Waals surface area contributed by atoms with Gasteiger partial charge in [-0.05, 0) is 89.2 Å². The van der Waals surface area contributed by atoms with Gasteiger partial charge in [-0.15, -0.1) is 11.8 Å². The van der Waals surface area contributed by atoms with Crippen LogP contribution in [0.1, 0.15) is 56.2 Å². The number of nitrogens with one attached hydrogen (secondary N) is 2. The number of carbonyl (C=O) groups is 4. The van der Waals surface area contributed by atoms with Gasteiger partial charge in [-0.1, -0.05) is 123 Å². The molecule has 344 valence electrons. The Kier molecular flexibility index (Phi) is 19.2. The van der Waals surface area contributed by atoms with Crippen molar-refractivity contribution in [3.8, 4) is 0 Å². The van der Waals surface area contributed by atoms with Gasteiger partial charge in [0.1, 0.15) is 23.0 Å². The molecule has 0 saturated heterocycles. The predicted molar refractivity (Wildman–Crippen MR) is 257 cm³/mol. The van der Waals surface area contributed by atoms with Crippen molar-refractivity contribution in [2.75, 3.05) is 0 Å². The summed E-state index contributed by atoms with van der Waals surface area (Å²) < 4.78 is 49.0. The van der Waals surface area contributed by atoms with Crippen LogP contribution in [-0.4, -0.2) is 53.9 Å². The van der Waals surface area contributed by atoms with Crippen LogP contribution >= 0.6 is 22.4 Å². The van der Waals surface area contributed by atoms with Crippen LogP contribution in [0.3, 0.4) is 0 Å². The number of amides is 2. The molecule has 10 nitrogen and oxygen atoms in total. The quantitative estimate of drug-likeness (QED) is 0.0633. The monoisotopic (exact) mass is 960 g/mol. The molecule has 0 saturated carbocycles. The van der Waals surface area contributed by atoms with Gasteiger partial charge in [0.15, 0.2) is 11.6 Å². The van der Waals surface area contributed by atoms with Gasteiger partial charge in [0, 0.05) is 34.2 Å². The highest BCUT2D eigenvalue weighted by molar-refractivity contribution is 8.13. The highest BCUT2D eigenvalue weighted by Gasteiger charge is 2.24. The number of ketones is 2. The molecule has 0 fully saturated rings.